The molecule has 0 aromatic heterocycles. The van der Waals surface area contributed by atoms with Gasteiger partial charge >= 0.3 is 0 Å². The van der Waals surface area contributed by atoms with Gasteiger partial charge in [-0.05, 0) is 44.5 Å². The summed E-state index contributed by atoms with van der Waals surface area (Å²) in [5.74, 6) is 0.862. The topological polar surface area (TPSA) is 29.1 Å². The molecule has 21 heavy (non-hydrogen) atoms. The zero-order valence-electron chi connectivity index (χ0n) is 12.8. The SMILES string of the molecule is Cc1ccc(SCCC(=O)Nc2ccc(C)cc2C)cc1. The maximum Gasteiger partial charge on any atom is 0.225 e. The molecule has 0 aliphatic rings. The third-order valence-corrected chi connectivity index (χ3v) is 4.29. The first-order chi connectivity index (χ1) is 10.0. The van der Waals surface area contributed by atoms with Crippen molar-refractivity contribution in [2.45, 2.75) is 32.1 Å². The standard InChI is InChI=1S/C18H21NOS/c1-13-4-7-16(8-5-13)21-11-10-18(20)19-17-9-6-14(2)12-15(17)3/h4-9,12H,10-11H2,1-3H3,(H,19,20). The fourth-order valence-corrected chi connectivity index (χ4v) is 2.91. The first kappa shape index (κ1) is 15.6. The van der Waals surface area contributed by atoms with E-state index in [0.717, 1.165) is 17.0 Å². The van der Waals surface area contributed by atoms with Crippen LogP contribution >= 0.6 is 11.8 Å². The van der Waals surface area contributed by atoms with Crippen LogP contribution in [0, 0.1) is 20.8 Å². The summed E-state index contributed by atoms with van der Waals surface area (Å²) >= 11 is 1.71. The van der Waals surface area contributed by atoms with Crippen molar-refractivity contribution < 1.29 is 4.79 Å². The molecule has 0 saturated carbocycles. The average molecular weight is 299 g/mol. The van der Waals surface area contributed by atoms with Crippen LogP contribution in [0.15, 0.2) is 47.4 Å². The summed E-state index contributed by atoms with van der Waals surface area (Å²) in [5, 5.41) is 2.98. The summed E-state index contributed by atoms with van der Waals surface area (Å²) in [4.78, 5) is 13.2. The predicted octanol–water partition coefficient (Wildman–Crippen LogP) is 4.73. The van der Waals surface area contributed by atoms with Gasteiger partial charge in [-0.2, -0.15) is 0 Å². The number of carbonyl (C=O) groups excluding carboxylic acids is 1. The van der Waals surface area contributed by atoms with E-state index in [4.69, 9.17) is 0 Å². The maximum absolute atomic E-state index is 12.0. The van der Waals surface area contributed by atoms with Gasteiger partial charge in [0.1, 0.15) is 0 Å². The molecular formula is C18H21NOS. The molecule has 0 aliphatic heterocycles. The number of anilines is 1. The maximum atomic E-state index is 12.0. The number of rotatable bonds is 5. The third-order valence-electron chi connectivity index (χ3n) is 3.27. The Bertz CT molecular complexity index is 620. The zero-order chi connectivity index (χ0) is 15.2. The molecule has 0 atom stereocenters. The van der Waals surface area contributed by atoms with E-state index in [9.17, 15) is 4.79 Å². The monoisotopic (exact) mass is 299 g/mol. The molecule has 0 saturated heterocycles. The normalized spacial score (nSPS) is 10.4. The second kappa shape index (κ2) is 7.32. The number of nitrogens with one attached hydrogen (secondary N) is 1. The minimum Gasteiger partial charge on any atom is -0.326 e. The molecule has 0 aliphatic carbocycles. The van der Waals surface area contributed by atoms with E-state index < -0.39 is 0 Å². The number of amides is 1. The van der Waals surface area contributed by atoms with Gasteiger partial charge in [0.15, 0.2) is 0 Å². The predicted molar refractivity (Wildman–Crippen MR) is 91.1 cm³/mol. The van der Waals surface area contributed by atoms with Gasteiger partial charge in [0.25, 0.3) is 0 Å². The van der Waals surface area contributed by atoms with E-state index in [1.807, 2.05) is 19.1 Å². The molecule has 3 heteroatoms. The summed E-state index contributed by atoms with van der Waals surface area (Å²) in [6.07, 6.45) is 0.520. The fourth-order valence-electron chi connectivity index (χ4n) is 2.06. The lowest BCUT2D eigenvalue weighted by Crippen LogP contribution is -2.13. The Balaban J connectivity index is 1.81. The molecule has 2 nitrogen and oxygen atoms in total. The van der Waals surface area contributed by atoms with Crippen LogP contribution in [-0.2, 0) is 4.79 Å². The van der Waals surface area contributed by atoms with Gasteiger partial charge < -0.3 is 5.32 Å². The molecule has 0 spiro atoms. The van der Waals surface area contributed by atoms with Gasteiger partial charge in [-0.1, -0.05) is 35.4 Å². The van der Waals surface area contributed by atoms with Crippen LogP contribution < -0.4 is 5.32 Å². The summed E-state index contributed by atoms with van der Waals surface area (Å²) < 4.78 is 0. The Morgan fingerprint density at radius 3 is 2.33 bits per heavy atom. The molecule has 0 unspecified atom stereocenters. The number of thioether (sulfide) groups is 1. The van der Waals surface area contributed by atoms with Crippen molar-refractivity contribution >= 4 is 23.4 Å². The van der Waals surface area contributed by atoms with Crippen LogP contribution in [0.5, 0.6) is 0 Å². The second-order valence-corrected chi connectivity index (χ2v) is 6.45. The number of hydrogen-bond donors (Lipinski definition) is 1. The van der Waals surface area contributed by atoms with Gasteiger partial charge in [0.05, 0.1) is 0 Å². The first-order valence-electron chi connectivity index (χ1n) is 7.11. The number of aryl methyl sites for hydroxylation is 3. The highest BCUT2D eigenvalue weighted by Gasteiger charge is 2.05. The van der Waals surface area contributed by atoms with E-state index in [2.05, 4.69) is 49.5 Å². The first-order valence-corrected chi connectivity index (χ1v) is 8.10. The number of hydrogen-bond acceptors (Lipinski definition) is 2. The second-order valence-electron chi connectivity index (χ2n) is 5.28. The molecule has 2 rings (SSSR count). The van der Waals surface area contributed by atoms with E-state index in [0.29, 0.717) is 6.42 Å². The summed E-state index contributed by atoms with van der Waals surface area (Å²) in [6, 6.07) is 14.5. The fraction of sp³-hybridized carbons (Fsp3) is 0.278. The molecular weight excluding hydrogens is 278 g/mol. The van der Waals surface area contributed by atoms with Crippen molar-refractivity contribution in [1.29, 1.82) is 0 Å². The van der Waals surface area contributed by atoms with E-state index in [-0.39, 0.29) is 5.91 Å². The van der Waals surface area contributed by atoms with E-state index in [1.165, 1.54) is 16.0 Å². The molecule has 0 bridgehead atoms. The lowest BCUT2D eigenvalue weighted by molar-refractivity contribution is -0.115. The Morgan fingerprint density at radius 2 is 1.67 bits per heavy atom. The Morgan fingerprint density at radius 1 is 1.00 bits per heavy atom. The average Bonchev–Trinajstić information content (AvgIpc) is 2.44. The molecule has 2 aromatic rings. The molecule has 1 N–H and O–H groups in total. The zero-order valence-corrected chi connectivity index (χ0v) is 13.6. The van der Waals surface area contributed by atoms with Crippen molar-refractivity contribution in [2.75, 3.05) is 11.1 Å². The number of benzene rings is 2. The van der Waals surface area contributed by atoms with Crippen LogP contribution in [0.25, 0.3) is 0 Å². The highest BCUT2D eigenvalue weighted by Crippen LogP contribution is 2.20. The molecule has 2 aromatic carbocycles. The van der Waals surface area contributed by atoms with E-state index >= 15 is 0 Å². The highest BCUT2D eigenvalue weighted by atomic mass is 32.2. The van der Waals surface area contributed by atoms with Crippen LogP contribution in [0.1, 0.15) is 23.1 Å². The smallest absolute Gasteiger partial charge is 0.225 e. The minimum atomic E-state index is 0.0709. The third kappa shape index (κ3) is 4.94. The van der Waals surface area contributed by atoms with Gasteiger partial charge in [0, 0.05) is 22.8 Å². The number of carbonyl (C=O) groups is 1. The van der Waals surface area contributed by atoms with Crippen molar-refractivity contribution in [3.8, 4) is 0 Å². The Kier molecular flexibility index (Phi) is 5.45. The lowest BCUT2D eigenvalue weighted by Gasteiger charge is -2.09. The molecule has 0 heterocycles. The van der Waals surface area contributed by atoms with Crippen LogP contribution in [-0.4, -0.2) is 11.7 Å². The largest absolute Gasteiger partial charge is 0.326 e. The van der Waals surface area contributed by atoms with Crippen LogP contribution in [0.2, 0.25) is 0 Å². The molecule has 0 radical (unpaired) electrons. The van der Waals surface area contributed by atoms with Gasteiger partial charge in [-0.25, -0.2) is 0 Å². The van der Waals surface area contributed by atoms with Gasteiger partial charge in [-0.15, -0.1) is 11.8 Å². The van der Waals surface area contributed by atoms with E-state index in [1.54, 1.807) is 11.8 Å². The van der Waals surface area contributed by atoms with Crippen LogP contribution in [0.3, 0.4) is 0 Å². The van der Waals surface area contributed by atoms with Crippen molar-refractivity contribution in [3.63, 3.8) is 0 Å². The Hall–Kier alpha value is -1.74. The lowest BCUT2D eigenvalue weighted by atomic mass is 10.1. The van der Waals surface area contributed by atoms with Gasteiger partial charge in [-0.3, -0.25) is 4.79 Å². The van der Waals surface area contributed by atoms with Crippen molar-refractivity contribution in [2.24, 2.45) is 0 Å². The summed E-state index contributed by atoms with van der Waals surface area (Å²) in [6.45, 7) is 6.15. The van der Waals surface area contributed by atoms with Gasteiger partial charge in [0.2, 0.25) is 5.91 Å². The minimum absolute atomic E-state index is 0.0709. The molecule has 110 valence electrons. The quantitative estimate of drug-likeness (QED) is 0.808. The summed E-state index contributed by atoms with van der Waals surface area (Å²) in [7, 11) is 0. The van der Waals surface area contributed by atoms with Crippen LogP contribution in [0.4, 0.5) is 5.69 Å². The molecule has 0 fully saturated rings. The highest BCUT2D eigenvalue weighted by molar-refractivity contribution is 7.99. The Labute approximate surface area is 131 Å². The summed E-state index contributed by atoms with van der Waals surface area (Å²) in [5.41, 5.74) is 4.48. The van der Waals surface area contributed by atoms with Crippen molar-refractivity contribution in [3.05, 3.63) is 59.2 Å². The van der Waals surface area contributed by atoms with Crippen molar-refractivity contribution in [1.82, 2.24) is 0 Å². The molecule has 1 amide bonds.